The van der Waals surface area contributed by atoms with E-state index in [9.17, 15) is 9.59 Å². The van der Waals surface area contributed by atoms with E-state index in [4.69, 9.17) is 16.3 Å². The molecule has 1 amide bonds. The van der Waals surface area contributed by atoms with E-state index in [0.29, 0.717) is 47.8 Å². The van der Waals surface area contributed by atoms with Gasteiger partial charge in [-0.3, -0.25) is 9.59 Å². The van der Waals surface area contributed by atoms with Gasteiger partial charge in [0.2, 0.25) is 5.43 Å². The maximum Gasteiger partial charge on any atom is 0.256 e. The van der Waals surface area contributed by atoms with Gasteiger partial charge in [-0.2, -0.15) is 0 Å². The summed E-state index contributed by atoms with van der Waals surface area (Å²) in [7, 11) is 0. The first-order chi connectivity index (χ1) is 13.0. The van der Waals surface area contributed by atoms with Crippen molar-refractivity contribution in [3.05, 3.63) is 74.5 Å². The van der Waals surface area contributed by atoms with Crippen LogP contribution in [-0.4, -0.2) is 23.6 Å². The SMILES string of the molecule is Cc1ccc(CCNC(=O)c2cn3c4c(ccc(Cl)c4c2=O)OCC3)cc1. The average Bonchev–Trinajstić information content (AvgIpc) is 2.67. The van der Waals surface area contributed by atoms with Crippen molar-refractivity contribution in [3.8, 4) is 5.75 Å². The zero-order chi connectivity index (χ0) is 19.0. The van der Waals surface area contributed by atoms with Crippen LogP contribution in [0.3, 0.4) is 0 Å². The van der Waals surface area contributed by atoms with Crippen LogP contribution in [0.2, 0.25) is 5.02 Å². The largest absolute Gasteiger partial charge is 0.490 e. The van der Waals surface area contributed by atoms with E-state index in [1.165, 1.54) is 5.56 Å². The van der Waals surface area contributed by atoms with E-state index in [1.54, 1.807) is 18.3 Å². The molecule has 5 nitrogen and oxygen atoms in total. The van der Waals surface area contributed by atoms with Gasteiger partial charge in [0.25, 0.3) is 5.91 Å². The van der Waals surface area contributed by atoms with Crippen molar-refractivity contribution in [2.75, 3.05) is 13.2 Å². The summed E-state index contributed by atoms with van der Waals surface area (Å²) in [4.78, 5) is 25.5. The zero-order valence-electron chi connectivity index (χ0n) is 14.9. The number of hydrogen-bond donors (Lipinski definition) is 1. The maximum atomic E-state index is 12.9. The van der Waals surface area contributed by atoms with Gasteiger partial charge in [-0.15, -0.1) is 0 Å². The van der Waals surface area contributed by atoms with Crippen LogP contribution >= 0.6 is 11.6 Å². The lowest BCUT2D eigenvalue weighted by atomic mass is 10.1. The van der Waals surface area contributed by atoms with Crippen molar-refractivity contribution in [2.24, 2.45) is 0 Å². The van der Waals surface area contributed by atoms with Crippen molar-refractivity contribution < 1.29 is 9.53 Å². The van der Waals surface area contributed by atoms with E-state index < -0.39 is 0 Å². The monoisotopic (exact) mass is 382 g/mol. The minimum absolute atomic E-state index is 0.104. The number of halogens is 1. The molecule has 0 spiro atoms. The number of benzene rings is 2. The summed E-state index contributed by atoms with van der Waals surface area (Å²) in [6, 6.07) is 11.5. The molecule has 2 aromatic carbocycles. The highest BCUT2D eigenvalue weighted by Crippen LogP contribution is 2.31. The van der Waals surface area contributed by atoms with E-state index in [2.05, 4.69) is 5.32 Å². The molecule has 0 saturated carbocycles. The van der Waals surface area contributed by atoms with Crippen LogP contribution in [0.1, 0.15) is 21.5 Å². The Morgan fingerprint density at radius 3 is 2.78 bits per heavy atom. The molecule has 27 heavy (non-hydrogen) atoms. The fraction of sp³-hybridized carbons (Fsp3) is 0.238. The Hall–Kier alpha value is -2.79. The molecule has 6 heteroatoms. The molecule has 1 aliphatic rings. The predicted molar refractivity (Wildman–Crippen MR) is 106 cm³/mol. The molecule has 0 unspecified atom stereocenters. The first-order valence-electron chi connectivity index (χ1n) is 8.87. The van der Waals surface area contributed by atoms with Crippen LogP contribution in [0.5, 0.6) is 5.75 Å². The second-order valence-corrected chi connectivity index (χ2v) is 7.08. The van der Waals surface area contributed by atoms with Crippen molar-refractivity contribution >= 4 is 28.4 Å². The summed E-state index contributed by atoms with van der Waals surface area (Å²) >= 11 is 6.26. The highest BCUT2D eigenvalue weighted by Gasteiger charge is 2.22. The van der Waals surface area contributed by atoms with Crippen molar-refractivity contribution in [2.45, 2.75) is 19.9 Å². The fourth-order valence-electron chi connectivity index (χ4n) is 3.34. The number of carbonyl (C=O) groups is 1. The third kappa shape index (κ3) is 3.30. The molecule has 4 rings (SSSR count). The highest BCUT2D eigenvalue weighted by molar-refractivity contribution is 6.35. The molecule has 2 heterocycles. The van der Waals surface area contributed by atoms with E-state index in [1.807, 2.05) is 35.8 Å². The molecule has 1 aromatic heterocycles. The Balaban J connectivity index is 1.61. The molecule has 0 aliphatic carbocycles. The minimum Gasteiger partial charge on any atom is -0.490 e. The average molecular weight is 383 g/mol. The van der Waals surface area contributed by atoms with Crippen LogP contribution in [-0.2, 0) is 13.0 Å². The van der Waals surface area contributed by atoms with Crippen molar-refractivity contribution in [1.29, 1.82) is 0 Å². The van der Waals surface area contributed by atoms with Gasteiger partial charge in [-0.25, -0.2) is 0 Å². The molecular formula is C21H19ClN2O3. The lowest BCUT2D eigenvalue weighted by Gasteiger charge is -2.22. The Morgan fingerprint density at radius 1 is 1.22 bits per heavy atom. The number of rotatable bonds is 4. The highest BCUT2D eigenvalue weighted by atomic mass is 35.5. The number of nitrogens with zero attached hydrogens (tertiary/aromatic N) is 1. The smallest absolute Gasteiger partial charge is 0.256 e. The molecule has 1 N–H and O–H groups in total. The van der Waals surface area contributed by atoms with E-state index in [0.717, 1.165) is 5.56 Å². The summed E-state index contributed by atoms with van der Waals surface area (Å²) in [5, 5.41) is 3.50. The first-order valence-corrected chi connectivity index (χ1v) is 9.24. The molecule has 0 bridgehead atoms. The van der Waals surface area contributed by atoms with Crippen LogP contribution in [0.4, 0.5) is 0 Å². The van der Waals surface area contributed by atoms with Gasteiger partial charge in [-0.1, -0.05) is 41.4 Å². The lowest BCUT2D eigenvalue weighted by molar-refractivity contribution is 0.0952. The number of hydrogen-bond acceptors (Lipinski definition) is 3. The standard InChI is InChI=1S/C21H19ClN2O3/c1-13-2-4-14(5-3-13)8-9-23-21(26)15-12-24-10-11-27-17-7-6-16(22)18(19(17)24)20(15)25/h2-7,12H,8-11H2,1H3,(H,23,26). The Kier molecular flexibility index (Phi) is 4.62. The van der Waals surface area contributed by atoms with Gasteiger partial charge < -0.3 is 14.6 Å². The molecule has 0 radical (unpaired) electrons. The summed E-state index contributed by atoms with van der Waals surface area (Å²) in [5.74, 6) is 0.231. The molecule has 0 saturated heterocycles. The molecule has 138 valence electrons. The molecule has 0 atom stereocenters. The molecular weight excluding hydrogens is 364 g/mol. The second kappa shape index (κ2) is 7.08. The second-order valence-electron chi connectivity index (χ2n) is 6.67. The van der Waals surface area contributed by atoms with E-state index in [-0.39, 0.29) is 16.9 Å². The third-order valence-electron chi connectivity index (χ3n) is 4.79. The predicted octanol–water partition coefficient (Wildman–Crippen LogP) is 3.33. The third-order valence-corrected chi connectivity index (χ3v) is 5.10. The van der Waals surface area contributed by atoms with Crippen molar-refractivity contribution in [3.63, 3.8) is 0 Å². The zero-order valence-corrected chi connectivity index (χ0v) is 15.7. The molecule has 1 aliphatic heterocycles. The van der Waals surface area contributed by atoms with Gasteiger partial charge in [0.15, 0.2) is 0 Å². The van der Waals surface area contributed by atoms with Gasteiger partial charge in [0.05, 0.1) is 22.5 Å². The first kappa shape index (κ1) is 17.6. The lowest BCUT2D eigenvalue weighted by Crippen LogP contribution is -2.32. The topological polar surface area (TPSA) is 60.3 Å². The number of aromatic nitrogens is 1. The number of pyridine rings is 1. The van der Waals surface area contributed by atoms with Gasteiger partial charge in [0, 0.05) is 12.7 Å². The number of ether oxygens (including phenoxy) is 1. The van der Waals surface area contributed by atoms with Gasteiger partial charge in [-0.05, 0) is 31.0 Å². The number of aryl methyl sites for hydroxylation is 1. The summed E-state index contributed by atoms with van der Waals surface area (Å²) < 4.78 is 7.48. The molecule has 0 fully saturated rings. The van der Waals surface area contributed by atoms with Gasteiger partial charge in [0.1, 0.15) is 17.9 Å². The van der Waals surface area contributed by atoms with Crippen LogP contribution in [0.15, 0.2) is 47.4 Å². The Labute approximate surface area is 161 Å². The van der Waals surface area contributed by atoms with Gasteiger partial charge >= 0.3 is 0 Å². The fourth-order valence-corrected chi connectivity index (χ4v) is 3.58. The molecule has 3 aromatic rings. The Morgan fingerprint density at radius 2 is 2.00 bits per heavy atom. The van der Waals surface area contributed by atoms with Crippen LogP contribution < -0.4 is 15.5 Å². The summed E-state index contributed by atoms with van der Waals surface area (Å²) in [6.07, 6.45) is 2.31. The summed E-state index contributed by atoms with van der Waals surface area (Å²) in [5.41, 5.74) is 2.71. The van der Waals surface area contributed by atoms with Crippen molar-refractivity contribution in [1.82, 2.24) is 9.88 Å². The van der Waals surface area contributed by atoms with E-state index >= 15 is 0 Å². The maximum absolute atomic E-state index is 12.9. The number of nitrogens with one attached hydrogen (secondary N) is 1. The number of carbonyl (C=O) groups excluding carboxylic acids is 1. The summed E-state index contributed by atoms with van der Waals surface area (Å²) in [6.45, 7) is 3.54. The normalized spacial score (nSPS) is 12.7. The minimum atomic E-state index is -0.384. The van der Waals surface area contributed by atoms with Crippen LogP contribution in [0.25, 0.3) is 10.9 Å². The van der Waals surface area contributed by atoms with Crippen LogP contribution in [0, 0.1) is 6.92 Å². The quantitative estimate of drug-likeness (QED) is 0.753. The Bertz CT molecular complexity index is 1090. The number of amides is 1.